The molecule has 6 heteroatoms. The first kappa shape index (κ1) is 17.0. The zero-order valence-electron chi connectivity index (χ0n) is 14.3. The molecule has 1 aliphatic carbocycles. The number of aromatic nitrogens is 1. The fraction of sp³-hybridized carbons (Fsp3) is 0.250. The minimum Gasteiger partial charge on any atom is -0.436 e. The van der Waals surface area contributed by atoms with Crippen LogP contribution in [-0.4, -0.2) is 19.4 Å². The van der Waals surface area contributed by atoms with Crippen molar-refractivity contribution in [3.05, 3.63) is 60.8 Å². The van der Waals surface area contributed by atoms with E-state index in [4.69, 9.17) is 4.42 Å². The average molecular weight is 368 g/mol. The Labute approximate surface area is 153 Å². The SMILES string of the molecule is O=S(=O)(NC1CCCC1)c1ccc(-c2ncc(-c3ccccc3)o2)cc1. The highest BCUT2D eigenvalue weighted by molar-refractivity contribution is 7.89. The molecule has 1 N–H and O–H groups in total. The average Bonchev–Trinajstić information content (AvgIpc) is 3.34. The molecule has 0 spiro atoms. The van der Waals surface area contributed by atoms with Crippen LogP contribution in [0.5, 0.6) is 0 Å². The molecule has 2 aromatic carbocycles. The second kappa shape index (κ2) is 7.05. The molecule has 0 unspecified atom stereocenters. The van der Waals surface area contributed by atoms with Crippen molar-refractivity contribution in [3.63, 3.8) is 0 Å². The molecule has 1 aliphatic rings. The predicted octanol–water partition coefficient (Wildman–Crippen LogP) is 4.23. The fourth-order valence-electron chi connectivity index (χ4n) is 3.25. The second-order valence-electron chi connectivity index (χ2n) is 6.52. The maximum atomic E-state index is 12.5. The van der Waals surface area contributed by atoms with Gasteiger partial charge in [0.2, 0.25) is 15.9 Å². The molecule has 1 fully saturated rings. The van der Waals surface area contributed by atoms with Crippen LogP contribution >= 0.6 is 0 Å². The highest BCUT2D eigenvalue weighted by atomic mass is 32.2. The minimum absolute atomic E-state index is 0.0554. The van der Waals surface area contributed by atoms with E-state index in [-0.39, 0.29) is 10.9 Å². The van der Waals surface area contributed by atoms with Crippen molar-refractivity contribution in [2.75, 3.05) is 0 Å². The number of nitrogens with zero attached hydrogens (tertiary/aromatic N) is 1. The standard InChI is InChI=1S/C20H20N2O3S/c23-26(24,22-17-8-4-5-9-17)18-12-10-16(11-13-18)20-21-14-19(25-20)15-6-2-1-3-7-15/h1-3,6-7,10-14,17,22H,4-5,8-9H2. The maximum absolute atomic E-state index is 12.5. The highest BCUT2D eigenvalue weighted by Gasteiger charge is 2.23. The van der Waals surface area contributed by atoms with Gasteiger partial charge in [0, 0.05) is 17.2 Å². The quantitative estimate of drug-likeness (QED) is 0.731. The van der Waals surface area contributed by atoms with Crippen LogP contribution < -0.4 is 4.72 Å². The number of oxazole rings is 1. The molecular weight excluding hydrogens is 348 g/mol. The zero-order chi connectivity index (χ0) is 18.0. The van der Waals surface area contributed by atoms with Crippen LogP contribution in [-0.2, 0) is 10.0 Å². The Balaban J connectivity index is 1.54. The number of sulfonamides is 1. The summed E-state index contributed by atoms with van der Waals surface area (Å²) in [6.07, 6.45) is 5.67. The summed E-state index contributed by atoms with van der Waals surface area (Å²) in [5.74, 6) is 1.15. The van der Waals surface area contributed by atoms with Crippen molar-refractivity contribution < 1.29 is 12.8 Å². The van der Waals surface area contributed by atoms with Crippen LogP contribution in [0.4, 0.5) is 0 Å². The fourth-order valence-corrected chi connectivity index (χ4v) is 4.56. The van der Waals surface area contributed by atoms with Crippen molar-refractivity contribution in [3.8, 4) is 22.8 Å². The molecule has 0 radical (unpaired) electrons. The molecule has 1 heterocycles. The summed E-state index contributed by atoms with van der Waals surface area (Å²) in [4.78, 5) is 4.57. The molecular formula is C20H20N2O3S. The summed E-state index contributed by atoms with van der Waals surface area (Å²) in [6.45, 7) is 0. The molecule has 0 aliphatic heterocycles. The van der Waals surface area contributed by atoms with E-state index in [1.54, 1.807) is 30.5 Å². The molecule has 1 saturated carbocycles. The predicted molar refractivity (Wildman–Crippen MR) is 100.0 cm³/mol. The number of benzene rings is 2. The summed E-state index contributed by atoms with van der Waals surface area (Å²) < 4.78 is 33.6. The molecule has 0 amide bonds. The summed E-state index contributed by atoms with van der Waals surface area (Å²) in [7, 11) is -3.48. The van der Waals surface area contributed by atoms with Gasteiger partial charge in [0.15, 0.2) is 5.76 Å². The lowest BCUT2D eigenvalue weighted by Gasteiger charge is -2.12. The number of rotatable bonds is 5. The molecule has 4 rings (SSSR count). The van der Waals surface area contributed by atoms with Gasteiger partial charge in [-0.1, -0.05) is 43.2 Å². The largest absolute Gasteiger partial charge is 0.436 e. The topological polar surface area (TPSA) is 72.2 Å². The van der Waals surface area contributed by atoms with Crippen LogP contribution in [0.15, 0.2) is 70.1 Å². The Hall–Kier alpha value is -2.44. The molecule has 0 bridgehead atoms. The van der Waals surface area contributed by atoms with Crippen molar-refractivity contribution in [2.45, 2.75) is 36.6 Å². The lowest BCUT2D eigenvalue weighted by atomic mass is 10.2. The molecule has 5 nitrogen and oxygen atoms in total. The third-order valence-electron chi connectivity index (χ3n) is 4.65. The van der Waals surface area contributed by atoms with Gasteiger partial charge in [-0.05, 0) is 37.1 Å². The molecule has 134 valence electrons. The highest BCUT2D eigenvalue weighted by Crippen LogP contribution is 2.27. The Kier molecular flexibility index (Phi) is 4.61. The number of hydrogen-bond donors (Lipinski definition) is 1. The van der Waals surface area contributed by atoms with Gasteiger partial charge in [-0.2, -0.15) is 0 Å². The Morgan fingerprint density at radius 3 is 2.31 bits per heavy atom. The van der Waals surface area contributed by atoms with Crippen LogP contribution in [0.1, 0.15) is 25.7 Å². The van der Waals surface area contributed by atoms with E-state index in [0.717, 1.165) is 36.8 Å². The van der Waals surface area contributed by atoms with Crippen LogP contribution in [0.25, 0.3) is 22.8 Å². The number of hydrogen-bond acceptors (Lipinski definition) is 4. The van der Waals surface area contributed by atoms with Crippen molar-refractivity contribution in [1.29, 1.82) is 0 Å². The number of nitrogens with one attached hydrogen (secondary N) is 1. The maximum Gasteiger partial charge on any atom is 0.240 e. The van der Waals surface area contributed by atoms with Gasteiger partial charge in [-0.15, -0.1) is 0 Å². The molecule has 3 aromatic rings. The first-order valence-electron chi connectivity index (χ1n) is 8.76. The van der Waals surface area contributed by atoms with Crippen LogP contribution in [0.3, 0.4) is 0 Å². The van der Waals surface area contributed by atoms with Crippen molar-refractivity contribution >= 4 is 10.0 Å². The van der Waals surface area contributed by atoms with E-state index in [0.29, 0.717) is 11.7 Å². The summed E-state index contributed by atoms with van der Waals surface area (Å²) in [6, 6.07) is 16.4. The van der Waals surface area contributed by atoms with Gasteiger partial charge >= 0.3 is 0 Å². The van der Waals surface area contributed by atoms with Crippen molar-refractivity contribution in [1.82, 2.24) is 9.71 Å². The van der Waals surface area contributed by atoms with E-state index in [9.17, 15) is 8.42 Å². The normalized spacial score (nSPS) is 15.4. The third-order valence-corrected chi connectivity index (χ3v) is 6.19. The van der Waals surface area contributed by atoms with E-state index in [1.165, 1.54) is 0 Å². The summed E-state index contributed by atoms with van der Waals surface area (Å²) in [5, 5.41) is 0. The van der Waals surface area contributed by atoms with Gasteiger partial charge in [-0.25, -0.2) is 18.1 Å². The first-order valence-corrected chi connectivity index (χ1v) is 10.2. The lowest BCUT2D eigenvalue weighted by Crippen LogP contribution is -2.32. The van der Waals surface area contributed by atoms with E-state index in [1.807, 2.05) is 30.3 Å². The van der Waals surface area contributed by atoms with Crippen molar-refractivity contribution in [2.24, 2.45) is 0 Å². The molecule has 26 heavy (non-hydrogen) atoms. The van der Waals surface area contributed by atoms with Gasteiger partial charge in [0.05, 0.1) is 11.1 Å². The Morgan fingerprint density at radius 2 is 1.62 bits per heavy atom. The second-order valence-corrected chi connectivity index (χ2v) is 8.24. The van der Waals surface area contributed by atoms with E-state index >= 15 is 0 Å². The third kappa shape index (κ3) is 3.57. The smallest absolute Gasteiger partial charge is 0.240 e. The van der Waals surface area contributed by atoms with Crippen LogP contribution in [0, 0.1) is 0 Å². The Bertz CT molecular complexity index is 973. The first-order chi connectivity index (χ1) is 12.6. The summed E-state index contributed by atoms with van der Waals surface area (Å²) in [5.41, 5.74) is 1.69. The van der Waals surface area contributed by atoms with Gasteiger partial charge in [0.1, 0.15) is 0 Å². The van der Waals surface area contributed by atoms with Gasteiger partial charge in [0.25, 0.3) is 0 Å². The summed E-state index contributed by atoms with van der Waals surface area (Å²) >= 11 is 0. The monoisotopic (exact) mass is 368 g/mol. The molecule has 0 atom stereocenters. The molecule has 0 saturated heterocycles. The van der Waals surface area contributed by atoms with Gasteiger partial charge < -0.3 is 4.42 Å². The zero-order valence-corrected chi connectivity index (χ0v) is 15.1. The van der Waals surface area contributed by atoms with Gasteiger partial charge in [-0.3, -0.25) is 0 Å². The Morgan fingerprint density at radius 1 is 0.923 bits per heavy atom. The van der Waals surface area contributed by atoms with Crippen LogP contribution in [0.2, 0.25) is 0 Å². The molecule has 1 aromatic heterocycles. The van der Waals surface area contributed by atoms with E-state index in [2.05, 4.69) is 9.71 Å². The minimum atomic E-state index is -3.48. The lowest BCUT2D eigenvalue weighted by molar-refractivity contribution is 0.552. The van der Waals surface area contributed by atoms with E-state index < -0.39 is 10.0 Å².